The van der Waals surface area contributed by atoms with Crippen LogP contribution in [0.1, 0.15) is 23.2 Å². The average Bonchev–Trinajstić information content (AvgIpc) is 3.19. The van der Waals surface area contributed by atoms with Crippen LogP contribution in [-0.2, 0) is 16.8 Å². The Labute approximate surface area is 129 Å². The van der Waals surface area contributed by atoms with E-state index < -0.39 is 5.54 Å². The minimum Gasteiger partial charge on any atom is -0.496 e. The first-order valence-electron chi connectivity index (χ1n) is 6.91. The van der Waals surface area contributed by atoms with Gasteiger partial charge >= 0.3 is 0 Å². The highest BCUT2D eigenvalue weighted by Gasteiger charge is 2.41. The van der Waals surface area contributed by atoms with Crippen LogP contribution in [0.2, 0.25) is 0 Å². The molecule has 0 radical (unpaired) electrons. The van der Waals surface area contributed by atoms with Crippen LogP contribution in [0.4, 0.5) is 0 Å². The molecule has 3 rings (SSSR count). The summed E-state index contributed by atoms with van der Waals surface area (Å²) in [5.41, 5.74) is 1.75. The summed E-state index contributed by atoms with van der Waals surface area (Å²) < 4.78 is 7.40. The van der Waals surface area contributed by atoms with E-state index in [1.807, 2.05) is 29.0 Å². The van der Waals surface area contributed by atoms with Crippen LogP contribution in [0.15, 0.2) is 36.5 Å². The maximum atomic E-state index is 11.9. The first-order valence-corrected chi connectivity index (χ1v) is 6.91. The highest BCUT2D eigenvalue weighted by molar-refractivity contribution is 5.72. The van der Waals surface area contributed by atoms with E-state index in [4.69, 9.17) is 15.1 Å². The van der Waals surface area contributed by atoms with E-state index in [-0.39, 0.29) is 0 Å². The maximum Gasteiger partial charge on any atom is 0.150 e. The van der Waals surface area contributed by atoms with Gasteiger partial charge < -0.3 is 19.2 Å². The van der Waals surface area contributed by atoms with Crippen LogP contribution in [0.5, 0.6) is 5.75 Å². The van der Waals surface area contributed by atoms with Crippen molar-refractivity contribution in [3.63, 3.8) is 0 Å². The van der Waals surface area contributed by atoms with Gasteiger partial charge in [-0.25, -0.2) is 0 Å². The number of ether oxygens (including phenoxy) is 1. The first-order chi connectivity index (χ1) is 10.7. The molecule has 0 saturated heterocycles. The number of aliphatic hydroxyl groups is 1. The second-order valence-electron chi connectivity index (χ2n) is 4.94. The number of carbonyl (C=O) groups excluding carboxylic acids is 1. The van der Waals surface area contributed by atoms with Gasteiger partial charge in [0.15, 0.2) is 6.29 Å². The summed E-state index contributed by atoms with van der Waals surface area (Å²) in [7, 11) is 2.56. The SMILES string of the molecule is CO.COc1cc(C#N)ccc1C1(C=O)CCc2cccn21. The molecule has 1 aromatic carbocycles. The topological polar surface area (TPSA) is 75.2 Å². The minimum absolute atomic E-state index is 0.525. The highest BCUT2D eigenvalue weighted by atomic mass is 16.5. The van der Waals surface area contributed by atoms with Crippen LogP contribution in [0.25, 0.3) is 0 Å². The zero-order chi connectivity index (χ0) is 16.2. The molecular weight excluding hydrogens is 280 g/mol. The fraction of sp³-hybridized carbons (Fsp3) is 0.294. The Balaban J connectivity index is 0.000000847. The molecule has 0 aliphatic carbocycles. The lowest BCUT2D eigenvalue weighted by molar-refractivity contribution is -0.113. The molecule has 0 saturated carbocycles. The molecule has 0 bridgehead atoms. The van der Waals surface area contributed by atoms with Crippen molar-refractivity contribution in [2.45, 2.75) is 18.4 Å². The molecule has 1 aliphatic rings. The van der Waals surface area contributed by atoms with Gasteiger partial charge in [-0.05, 0) is 37.1 Å². The summed E-state index contributed by atoms with van der Waals surface area (Å²) in [4.78, 5) is 11.9. The highest BCUT2D eigenvalue weighted by Crippen LogP contribution is 2.41. The minimum atomic E-state index is -0.724. The Bertz CT molecular complexity index is 715. The zero-order valence-corrected chi connectivity index (χ0v) is 12.6. The van der Waals surface area contributed by atoms with Gasteiger partial charge in [0.1, 0.15) is 11.3 Å². The van der Waals surface area contributed by atoms with Gasteiger partial charge in [0, 0.05) is 24.6 Å². The van der Waals surface area contributed by atoms with E-state index >= 15 is 0 Å². The van der Waals surface area contributed by atoms with Crippen molar-refractivity contribution in [2.24, 2.45) is 0 Å². The van der Waals surface area contributed by atoms with Crippen LogP contribution < -0.4 is 4.74 Å². The molecule has 114 valence electrons. The lowest BCUT2D eigenvalue weighted by Gasteiger charge is -2.28. The fourth-order valence-corrected chi connectivity index (χ4v) is 3.01. The first kappa shape index (κ1) is 15.8. The summed E-state index contributed by atoms with van der Waals surface area (Å²) in [5.74, 6) is 0.581. The fourth-order valence-electron chi connectivity index (χ4n) is 3.01. The second-order valence-corrected chi connectivity index (χ2v) is 4.94. The average molecular weight is 298 g/mol. The molecule has 2 aromatic rings. The Kier molecular flexibility index (Phi) is 4.64. The Morgan fingerprint density at radius 1 is 1.41 bits per heavy atom. The molecule has 0 spiro atoms. The molecule has 1 aliphatic heterocycles. The normalized spacial score (nSPS) is 18.6. The number of aldehydes is 1. The van der Waals surface area contributed by atoms with Crippen molar-refractivity contribution in [1.82, 2.24) is 4.57 Å². The van der Waals surface area contributed by atoms with Gasteiger partial charge in [-0.15, -0.1) is 0 Å². The number of nitrogens with zero attached hydrogens (tertiary/aromatic N) is 2. The van der Waals surface area contributed by atoms with E-state index in [1.165, 1.54) is 0 Å². The number of hydrogen-bond acceptors (Lipinski definition) is 4. The van der Waals surface area contributed by atoms with Crippen molar-refractivity contribution in [2.75, 3.05) is 14.2 Å². The third kappa shape index (κ3) is 2.28. The van der Waals surface area contributed by atoms with Gasteiger partial charge in [-0.3, -0.25) is 0 Å². The molecular formula is C17H18N2O3. The molecule has 5 nitrogen and oxygen atoms in total. The van der Waals surface area contributed by atoms with Crippen molar-refractivity contribution in [3.8, 4) is 11.8 Å². The van der Waals surface area contributed by atoms with Crippen LogP contribution in [-0.4, -0.2) is 30.2 Å². The predicted octanol–water partition coefficient (Wildman–Crippen LogP) is 1.87. The molecule has 0 fully saturated rings. The number of fused-ring (bicyclic) bond motifs is 1. The quantitative estimate of drug-likeness (QED) is 0.878. The number of nitriles is 1. The van der Waals surface area contributed by atoms with E-state index in [9.17, 15) is 4.79 Å². The number of methoxy groups -OCH3 is 1. The lowest BCUT2D eigenvalue weighted by Crippen LogP contribution is -2.33. The molecule has 1 N–H and O–H groups in total. The van der Waals surface area contributed by atoms with E-state index in [0.29, 0.717) is 11.3 Å². The summed E-state index contributed by atoms with van der Waals surface area (Å²) in [5, 5.41) is 16.0. The van der Waals surface area contributed by atoms with Crippen LogP contribution in [0.3, 0.4) is 0 Å². The molecule has 2 heterocycles. The van der Waals surface area contributed by atoms with E-state index in [0.717, 1.165) is 37.5 Å². The summed E-state index contributed by atoms with van der Waals surface area (Å²) in [6.45, 7) is 0. The third-order valence-corrected chi connectivity index (χ3v) is 4.02. The van der Waals surface area contributed by atoms with Crippen molar-refractivity contribution in [3.05, 3.63) is 53.3 Å². The van der Waals surface area contributed by atoms with Gasteiger partial charge in [-0.1, -0.05) is 6.07 Å². The molecule has 0 amide bonds. The Hall–Kier alpha value is -2.58. The van der Waals surface area contributed by atoms with Gasteiger partial charge in [-0.2, -0.15) is 5.26 Å². The van der Waals surface area contributed by atoms with E-state index in [1.54, 1.807) is 19.2 Å². The van der Waals surface area contributed by atoms with Crippen molar-refractivity contribution in [1.29, 1.82) is 5.26 Å². The molecule has 5 heteroatoms. The molecule has 1 unspecified atom stereocenters. The number of aromatic nitrogens is 1. The Morgan fingerprint density at radius 2 is 2.18 bits per heavy atom. The summed E-state index contributed by atoms with van der Waals surface area (Å²) in [6.07, 6.45) is 4.48. The van der Waals surface area contributed by atoms with Crippen LogP contribution in [0, 0.1) is 11.3 Å². The number of aliphatic hydroxyl groups excluding tert-OH is 1. The second kappa shape index (κ2) is 6.46. The largest absolute Gasteiger partial charge is 0.496 e. The molecule has 22 heavy (non-hydrogen) atoms. The smallest absolute Gasteiger partial charge is 0.150 e. The van der Waals surface area contributed by atoms with Crippen LogP contribution >= 0.6 is 0 Å². The zero-order valence-electron chi connectivity index (χ0n) is 12.6. The molecule has 1 atom stereocenters. The summed E-state index contributed by atoms with van der Waals surface area (Å²) in [6, 6.07) is 11.3. The monoisotopic (exact) mass is 298 g/mol. The van der Waals surface area contributed by atoms with Crippen molar-refractivity contribution >= 4 is 6.29 Å². The summed E-state index contributed by atoms with van der Waals surface area (Å²) >= 11 is 0. The Morgan fingerprint density at radius 3 is 2.82 bits per heavy atom. The predicted molar refractivity (Wildman–Crippen MR) is 81.7 cm³/mol. The molecule has 1 aromatic heterocycles. The maximum absolute atomic E-state index is 11.9. The number of hydrogen-bond donors (Lipinski definition) is 1. The van der Waals surface area contributed by atoms with Crippen molar-refractivity contribution < 1.29 is 14.6 Å². The van der Waals surface area contributed by atoms with Gasteiger partial charge in [0.25, 0.3) is 0 Å². The number of benzene rings is 1. The number of rotatable bonds is 3. The standard InChI is InChI=1S/C16H14N2O2.CH4O/c1-20-15-9-12(10-17)4-5-14(15)16(11-19)7-6-13-3-2-8-18(13)16;1-2/h2-5,8-9,11H,6-7H2,1H3;2H,1H3. The lowest BCUT2D eigenvalue weighted by atomic mass is 9.87. The third-order valence-electron chi connectivity index (χ3n) is 4.02. The van der Waals surface area contributed by atoms with Gasteiger partial charge in [0.05, 0.1) is 18.7 Å². The number of carbonyl (C=O) groups is 1. The van der Waals surface area contributed by atoms with E-state index in [2.05, 4.69) is 6.07 Å². The number of aryl methyl sites for hydroxylation is 1. The van der Waals surface area contributed by atoms with Gasteiger partial charge in [0.2, 0.25) is 0 Å².